The van der Waals surface area contributed by atoms with Crippen LogP contribution in [0.4, 0.5) is 0 Å². The molecular weight excluding hydrogens is 326 g/mol. The van der Waals surface area contributed by atoms with Crippen molar-refractivity contribution in [2.45, 2.75) is 44.2 Å². The summed E-state index contributed by atoms with van der Waals surface area (Å²) >= 11 is 0. The highest BCUT2D eigenvalue weighted by molar-refractivity contribution is 7.89. The second-order valence-corrected chi connectivity index (χ2v) is 8.12. The van der Waals surface area contributed by atoms with E-state index in [9.17, 15) is 8.42 Å². The van der Waals surface area contributed by atoms with E-state index in [0.29, 0.717) is 12.3 Å². The molecule has 0 radical (unpaired) electrons. The molecular formula is C17H23N3O3S. The summed E-state index contributed by atoms with van der Waals surface area (Å²) in [4.78, 5) is 0.271. The van der Waals surface area contributed by atoms with Crippen LogP contribution in [0.2, 0.25) is 0 Å². The highest BCUT2D eigenvalue weighted by atomic mass is 32.2. The molecule has 24 heavy (non-hydrogen) atoms. The number of aromatic nitrogens is 2. The first-order valence-electron chi connectivity index (χ1n) is 7.99. The van der Waals surface area contributed by atoms with E-state index in [-0.39, 0.29) is 10.9 Å². The third-order valence-corrected chi connectivity index (χ3v) is 6.47. The Kier molecular flexibility index (Phi) is 4.40. The molecule has 0 bridgehead atoms. The summed E-state index contributed by atoms with van der Waals surface area (Å²) in [6, 6.07) is 6.72. The average molecular weight is 349 g/mol. The summed E-state index contributed by atoms with van der Waals surface area (Å²) in [5.41, 5.74) is 2.86. The number of methoxy groups -OCH3 is 1. The molecule has 0 aliphatic heterocycles. The van der Waals surface area contributed by atoms with Crippen molar-refractivity contribution in [2.24, 2.45) is 7.05 Å². The van der Waals surface area contributed by atoms with Gasteiger partial charge >= 0.3 is 0 Å². The van der Waals surface area contributed by atoms with Crippen LogP contribution in [0.3, 0.4) is 0 Å². The molecule has 3 rings (SSSR count). The normalized spacial score (nSPS) is 15.0. The number of hydrogen-bond acceptors (Lipinski definition) is 4. The highest BCUT2D eigenvalue weighted by Crippen LogP contribution is 2.35. The molecule has 0 amide bonds. The molecule has 0 saturated heterocycles. The summed E-state index contributed by atoms with van der Waals surface area (Å²) < 4.78 is 34.9. The lowest BCUT2D eigenvalue weighted by Gasteiger charge is -2.22. The first-order chi connectivity index (χ1) is 11.3. The maximum absolute atomic E-state index is 13.2. The van der Waals surface area contributed by atoms with Gasteiger partial charge in [-0.3, -0.25) is 4.68 Å². The number of sulfonamides is 1. The lowest BCUT2D eigenvalue weighted by atomic mass is 10.2. The van der Waals surface area contributed by atoms with Gasteiger partial charge in [0.05, 0.1) is 17.7 Å². The van der Waals surface area contributed by atoms with E-state index in [2.05, 4.69) is 5.10 Å². The number of rotatable bonds is 6. The van der Waals surface area contributed by atoms with Crippen LogP contribution in [-0.4, -0.2) is 35.7 Å². The minimum atomic E-state index is -3.58. The minimum absolute atomic E-state index is 0.0696. The number of benzene rings is 1. The Hall–Kier alpha value is -1.86. The van der Waals surface area contributed by atoms with Crippen LogP contribution in [0.1, 0.15) is 29.8 Å². The lowest BCUT2D eigenvalue weighted by molar-refractivity contribution is 0.394. The van der Waals surface area contributed by atoms with Crippen molar-refractivity contribution in [3.63, 3.8) is 0 Å². The standard InChI is InChI=1S/C17H23N3O3S/c1-12-17(13(2)19(3)18-12)11-20(14-8-9-14)24(21,22)16-7-5-6-15(10-16)23-4/h5-7,10,14H,8-9,11H2,1-4H3. The molecule has 7 heteroatoms. The van der Waals surface area contributed by atoms with Gasteiger partial charge in [0.1, 0.15) is 5.75 Å². The van der Waals surface area contributed by atoms with Crippen LogP contribution >= 0.6 is 0 Å². The average Bonchev–Trinajstić information content (AvgIpc) is 3.35. The molecule has 6 nitrogen and oxygen atoms in total. The van der Waals surface area contributed by atoms with Crippen LogP contribution in [0.15, 0.2) is 29.2 Å². The fraction of sp³-hybridized carbons (Fsp3) is 0.471. The maximum Gasteiger partial charge on any atom is 0.243 e. The molecule has 1 heterocycles. The van der Waals surface area contributed by atoms with Crippen LogP contribution in [0.25, 0.3) is 0 Å². The summed E-state index contributed by atoms with van der Waals surface area (Å²) in [5, 5.41) is 4.40. The zero-order valence-corrected chi connectivity index (χ0v) is 15.3. The molecule has 1 aromatic carbocycles. The second-order valence-electron chi connectivity index (χ2n) is 6.23. The van der Waals surface area contributed by atoms with Gasteiger partial charge in [-0.1, -0.05) is 6.07 Å². The monoisotopic (exact) mass is 349 g/mol. The molecule has 1 saturated carbocycles. The molecule has 0 spiro atoms. The van der Waals surface area contributed by atoms with E-state index < -0.39 is 10.0 Å². The summed E-state index contributed by atoms with van der Waals surface area (Å²) in [6.07, 6.45) is 1.81. The van der Waals surface area contributed by atoms with Gasteiger partial charge in [0, 0.05) is 37.0 Å². The summed E-state index contributed by atoms with van der Waals surface area (Å²) in [7, 11) is -0.163. The van der Waals surface area contributed by atoms with Gasteiger partial charge in [0.25, 0.3) is 0 Å². The third-order valence-electron chi connectivity index (χ3n) is 4.57. The van der Waals surface area contributed by atoms with Crippen LogP contribution in [-0.2, 0) is 23.6 Å². The van der Waals surface area contributed by atoms with E-state index in [1.165, 1.54) is 7.11 Å². The number of ether oxygens (including phenoxy) is 1. The Labute approximate surface area is 143 Å². The molecule has 130 valence electrons. The van der Waals surface area contributed by atoms with Crippen LogP contribution in [0.5, 0.6) is 5.75 Å². The third kappa shape index (κ3) is 3.06. The Morgan fingerprint density at radius 1 is 1.33 bits per heavy atom. The molecule has 2 aromatic rings. The van der Waals surface area contributed by atoms with E-state index in [1.54, 1.807) is 33.3 Å². The van der Waals surface area contributed by atoms with Crippen LogP contribution in [0, 0.1) is 13.8 Å². The fourth-order valence-corrected chi connectivity index (χ4v) is 4.56. The molecule has 0 N–H and O–H groups in total. The smallest absolute Gasteiger partial charge is 0.243 e. The van der Waals surface area contributed by atoms with Crippen molar-refractivity contribution >= 4 is 10.0 Å². The van der Waals surface area contributed by atoms with Gasteiger partial charge in [-0.25, -0.2) is 8.42 Å². The molecule has 1 aliphatic rings. The first kappa shape index (κ1) is 17.0. The Morgan fingerprint density at radius 2 is 2.04 bits per heavy atom. The number of hydrogen-bond donors (Lipinski definition) is 0. The molecule has 1 aliphatic carbocycles. The van der Waals surface area contributed by atoms with E-state index in [1.807, 2.05) is 20.9 Å². The predicted octanol–water partition coefficient (Wildman–Crippen LogP) is 2.40. The zero-order valence-electron chi connectivity index (χ0n) is 14.5. The van der Waals surface area contributed by atoms with Crippen molar-refractivity contribution in [3.8, 4) is 5.75 Å². The van der Waals surface area contributed by atoms with Gasteiger partial charge in [-0.05, 0) is 38.8 Å². The Balaban J connectivity index is 1.98. The van der Waals surface area contributed by atoms with Crippen molar-refractivity contribution in [1.29, 1.82) is 0 Å². The first-order valence-corrected chi connectivity index (χ1v) is 9.43. The van der Waals surface area contributed by atoms with Gasteiger partial charge in [-0.15, -0.1) is 0 Å². The number of aryl methyl sites for hydroxylation is 2. The van der Waals surface area contributed by atoms with Gasteiger partial charge in [0.15, 0.2) is 0 Å². The molecule has 0 atom stereocenters. The van der Waals surface area contributed by atoms with E-state index in [4.69, 9.17) is 4.74 Å². The Morgan fingerprint density at radius 3 is 2.58 bits per heavy atom. The van der Waals surface area contributed by atoms with Gasteiger partial charge in [0.2, 0.25) is 10.0 Å². The SMILES string of the molecule is COc1cccc(S(=O)(=O)N(Cc2c(C)nn(C)c2C)C2CC2)c1. The lowest BCUT2D eigenvalue weighted by Crippen LogP contribution is -2.33. The zero-order chi connectivity index (χ0) is 17.5. The summed E-state index contributed by atoms with van der Waals surface area (Å²) in [6.45, 7) is 4.25. The second kappa shape index (κ2) is 6.22. The van der Waals surface area contributed by atoms with Gasteiger partial charge < -0.3 is 4.74 Å². The quantitative estimate of drug-likeness (QED) is 0.803. The minimum Gasteiger partial charge on any atom is -0.497 e. The van der Waals surface area contributed by atoms with Crippen molar-refractivity contribution < 1.29 is 13.2 Å². The number of nitrogens with zero attached hydrogens (tertiary/aromatic N) is 3. The van der Waals surface area contributed by atoms with Crippen molar-refractivity contribution in [3.05, 3.63) is 41.2 Å². The van der Waals surface area contributed by atoms with E-state index >= 15 is 0 Å². The summed E-state index contributed by atoms with van der Waals surface area (Å²) in [5.74, 6) is 0.542. The van der Waals surface area contributed by atoms with Gasteiger partial charge in [-0.2, -0.15) is 9.40 Å². The molecule has 1 aromatic heterocycles. The topological polar surface area (TPSA) is 64.4 Å². The predicted molar refractivity (Wildman–Crippen MR) is 91.4 cm³/mol. The van der Waals surface area contributed by atoms with Crippen molar-refractivity contribution in [2.75, 3.05) is 7.11 Å². The van der Waals surface area contributed by atoms with E-state index in [0.717, 1.165) is 29.8 Å². The molecule has 1 fully saturated rings. The van der Waals surface area contributed by atoms with Crippen molar-refractivity contribution in [1.82, 2.24) is 14.1 Å². The van der Waals surface area contributed by atoms with Crippen LogP contribution < -0.4 is 4.74 Å². The fourth-order valence-electron chi connectivity index (χ4n) is 2.87. The molecule has 0 unspecified atom stereocenters. The maximum atomic E-state index is 13.2. The highest BCUT2D eigenvalue weighted by Gasteiger charge is 2.39. The Bertz CT molecular complexity index is 854. The largest absolute Gasteiger partial charge is 0.497 e.